The van der Waals surface area contributed by atoms with Crippen LogP contribution in [0.4, 0.5) is 0 Å². The van der Waals surface area contributed by atoms with Gasteiger partial charge in [0.05, 0.1) is 11.4 Å². The second-order valence-corrected chi connectivity index (χ2v) is 8.23. The summed E-state index contributed by atoms with van der Waals surface area (Å²) in [6, 6.07) is 15.8. The summed E-state index contributed by atoms with van der Waals surface area (Å²) in [5.41, 5.74) is 1.92. The van der Waals surface area contributed by atoms with Gasteiger partial charge in [-0.2, -0.15) is 9.29 Å². The van der Waals surface area contributed by atoms with Gasteiger partial charge in [-0.05, 0) is 39.0 Å². The summed E-state index contributed by atoms with van der Waals surface area (Å²) in [7, 11) is -3.66. The molecule has 0 radical (unpaired) electrons. The number of sulfonamides is 1. The van der Waals surface area contributed by atoms with Crippen molar-refractivity contribution < 1.29 is 12.9 Å². The Labute approximate surface area is 153 Å². The molecule has 6 nitrogen and oxygen atoms in total. The Morgan fingerprint density at radius 2 is 1.81 bits per heavy atom. The summed E-state index contributed by atoms with van der Waals surface area (Å²) >= 11 is 0. The van der Waals surface area contributed by atoms with Crippen LogP contribution >= 0.6 is 0 Å². The van der Waals surface area contributed by atoms with Crippen LogP contribution in [0, 0.1) is 6.92 Å². The first-order chi connectivity index (χ1) is 12.4. The molecule has 136 valence electrons. The number of hydrogen-bond donors (Lipinski definition) is 0. The van der Waals surface area contributed by atoms with E-state index in [4.69, 9.17) is 4.52 Å². The molecule has 1 heterocycles. The van der Waals surface area contributed by atoms with E-state index in [0.29, 0.717) is 5.82 Å². The molecule has 3 aromatic rings. The maximum Gasteiger partial charge on any atom is 0.243 e. The molecule has 2 aromatic carbocycles. The zero-order valence-electron chi connectivity index (χ0n) is 15.0. The fourth-order valence-corrected chi connectivity index (χ4v) is 4.23. The summed E-state index contributed by atoms with van der Waals surface area (Å²) in [6.07, 6.45) is 0. The Bertz CT molecular complexity index is 982. The quantitative estimate of drug-likeness (QED) is 0.661. The molecule has 1 aromatic heterocycles. The Hall–Kier alpha value is -2.51. The average molecular weight is 371 g/mol. The highest BCUT2D eigenvalue weighted by Crippen LogP contribution is 2.22. The lowest BCUT2D eigenvalue weighted by Crippen LogP contribution is -2.36. The number of nitrogens with zero attached hydrogens (tertiary/aromatic N) is 3. The Balaban J connectivity index is 1.88. The van der Waals surface area contributed by atoms with Crippen molar-refractivity contribution in [2.75, 3.05) is 0 Å². The van der Waals surface area contributed by atoms with Gasteiger partial charge < -0.3 is 4.52 Å². The van der Waals surface area contributed by atoms with Crippen molar-refractivity contribution >= 4 is 10.0 Å². The minimum atomic E-state index is -3.66. The third-order valence-electron chi connectivity index (χ3n) is 3.96. The Morgan fingerprint density at radius 1 is 1.08 bits per heavy atom. The number of aryl methyl sites for hydroxylation is 1. The van der Waals surface area contributed by atoms with E-state index in [9.17, 15) is 8.42 Å². The molecular weight excluding hydrogens is 350 g/mol. The van der Waals surface area contributed by atoms with Crippen LogP contribution < -0.4 is 0 Å². The molecule has 26 heavy (non-hydrogen) atoms. The molecule has 0 atom stereocenters. The Kier molecular flexibility index (Phi) is 5.20. The van der Waals surface area contributed by atoms with E-state index >= 15 is 0 Å². The van der Waals surface area contributed by atoms with Gasteiger partial charge in [-0.15, -0.1) is 0 Å². The molecule has 0 saturated carbocycles. The van der Waals surface area contributed by atoms with Gasteiger partial charge in [-0.1, -0.05) is 47.1 Å². The predicted molar refractivity (Wildman–Crippen MR) is 98.8 cm³/mol. The van der Waals surface area contributed by atoms with Crippen LogP contribution in [0.25, 0.3) is 11.4 Å². The minimum Gasteiger partial charge on any atom is -0.338 e. The van der Waals surface area contributed by atoms with Crippen molar-refractivity contribution in [3.05, 3.63) is 66.1 Å². The van der Waals surface area contributed by atoms with Gasteiger partial charge >= 0.3 is 0 Å². The van der Waals surface area contributed by atoms with Crippen molar-refractivity contribution in [2.24, 2.45) is 0 Å². The minimum absolute atomic E-state index is 0.0215. The predicted octanol–water partition coefficient (Wildman–Crippen LogP) is 3.64. The van der Waals surface area contributed by atoms with Gasteiger partial charge in [0.2, 0.25) is 21.7 Å². The first-order valence-corrected chi connectivity index (χ1v) is 9.78. The third kappa shape index (κ3) is 3.84. The first kappa shape index (κ1) is 18.3. The summed E-state index contributed by atoms with van der Waals surface area (Å²) in [5, 5.41) is 3.99. The maximum absolute atomic E-state index is 12.9. The van der Waals surface area contributed by atoms with Crippen molar-refractivity contribution in [3.8, 4) is 11.4 Å². The van der Waals surface area contributed by atoms with Crippen molar-refractivity contribution in [3.63, 3.8) is 0 Å². The number of benzene rings is 2. The van der Waals surface area contributed by atoms with Gasteiger partial charge in [0.15, 0.2) is 0 Å². The summed E-state index contributed by atoms with van der Waals surface area (Å²) in [6.45, 7) is 5.64. The Morgan fingerprint density at radius 3 is 2.46 bits per heavy atom. The molecule has 0 fully saturated rings. The van der Waals surface area contributed by atoms with Crippen LogP contribution in [-0.4, -0.2) is 28.9 Å². The van der Waals surface area contributed by atoms with Crippen LogP contribution in [0.5, 0.6) is 0 Å². The third-order valence-corrected chi connectivity index (χ3v) is 6.00. The fraction of sp³-hybridized carbons (Fsp3) is 0.263. The highest BCUT2D eigenvalue weighted by atomic mass is 32.2. The van der Waals surface area contributed by atoms with Gasteiger partial charge in [0.25, 0.3) is 0 Å². The van der Waals surface area contributed by atoms with E-state index in [1.54, 1.807) is 30.3 Å². The van der Waals surface area contributed by atoms with E-state index in [0.717, 1.165) is 11.1 Å². The number of aromatic nitrogens is 2. The van der Waals surface area contributed by atoms with Crippen LogP contribution in [0.15, 0.2) is 64.0 Å². The zero-order valence-corrected chi connectivity index (χ0v) is 15.8. The second-order valence-electron chi connectivity index (χ2n) is 6.34. The average Bonchev–Trinajstić information content (AvgIpc) is 3.09. The van der Waals surface area contributed by atoms with Crippen molar-refractivity contribution in [1.29, 1.82) is 0 Å². The fourth-order valence-electron chi connectivity index (χ4n) is 2.63. The van der Waals surface area contributed by atoms with Crippen LogP contribution in [0.3, 0.4) is 0 Å². The largest absolute Gasteiger partial charge is 0.338 e. The highest BCUT2D eigenvalue weighted by Gasteiger charge is 2.29. The van der Waals surface area contributed by atoms with Crippen LogP contribution in [0.1, 0.15) is 25.3 Å². The molecule has 0 aliphatic rings. The van der Waals surface area contributed by atoms with E-state index in [1.165, 1.54) is 4.31 Å². The molecule has 0 N–H and O–H groups in total. The molecule has 3 rings (SSSR count). The van der Waals surface area contributed by atoms with Gasteiger partial charge in [-0.3, -0.25) is 0 Å². The molecule has 0 amide bonds. The lowest BCUT2D eigenvalue weighted by atomic mass is 10.1. The zero-order chi connectivity index (χ0) is 18.7. The smallest absolute Gasteiger partial charge is 0.243 e. The topological polar surface area (TPSA) is 76.3 Å². The van der Waals surface area contributed by atoms with Crippen LogP contribution in [-0.2, 0) is 16.6 Å². The molecule has 0 bridgehead atoms. The van der Waals surface area contributed by atoms with Crippen molar-refractivity contribution in [1.82, 2.24) is 14.4 Å². The summed E-state index contributed by atoms with van der Waals surface area (Å²) in [4.78, 5) is 4.61. The van der Waals surface area contributed by atoms with E-state index in [1.807, 2.05) is 45.0 Å². The molecule has 0 aliphatic heterocycles. The van der Waals surface area contributed by atoms with Crippen molar-refractivity contribution in [2.45, 2.75) is 38.3 Å². The molecule has 0 unspecified atom stereocenters. The van der Waals surface area contributed by atoms with Crippen LogP contribution in [0.2, 0.25) is 0 Å². The number of rotatable bonds is 6. The lowest BCUT2D eigenvalue weighted by Gasteiger charge is -2.24. The van der Waals surface area contributed by atoms with Gasteiger partial charge in [-0.25, -0.2) is 8.42 Å². The standard InChI is InChI=1S/C19H21N3O3S/c1-14(2)22(26(23,24)17-10-5-4-6-11-17)13-18-20-19(21-25-18)16-9-7-8-15(3)12-16/h4-12,14H,13H2,1-3H3. The lowest BCUT2D eigenvalue weighted by molar-refractivity contribution is 0.286. The van der Waals surface area contributed by atoms with E-state index < -0.39 is 10.0 Å². The summed E-state index contributed by atoms with van der Waals surface area (Å²) in [5.74, 6) is 0.708. The molecule has 7 heteroatoms. The monoisotopic (exact) mass is 371 g/mol. The maximum atomic E-state index is 12.9. The molecule has 0 spiro atoms. The van der Waals surface area contributed by atoms with Gasteiger partial charge in [0.1, 0.15) is 0 Å². The van der Waals surface area contributed by atoms with E-state index in [-0.39, 0.29) is 23.4 Å². The first-order valence-electron chi connectivity index (χ1n) is 8.34. The number of hydrogen-bond acceptors (Lipinski definition) is 5. The normalized spacial score (nSPS) is 12.0. The summed E-state index contributed by atoms with van der Waals surface area (Å²) < 4.78 is 32.5. The van der Waals surface area contributed by atoms with Gasteiger partial charge in [0, 0.05) is 11.6 Å². The molecular formula is C19H21N3O3S. The van der Waals surface area contributed by atoms with E-state index in [2.05, 4.69) is 10.1 Å². The molecule has 0 aliphatic carbocycles. The SMILES string of the molecule is Cc1cccc(-c2noc(CN(C(C)C)S(=O)(=O)c3ccccc3)n2)c1. The molecule has 0 saturated heterocycles. The highest BCUT2D eigenvalue weighted by molar-refractivity contribution is 7.89. The second kappa shape index (κ2) is 7.39.